The first-order chi connectivity index (χ1) is 13.4. The van der Waals surface area contributed by atoms with E-state index >= 15 is 0 Å². The highest BCUT2D eigenvalue weighted by Crippen LogP contribution is 2.23. The fourth-order valence-corrected chi connectivity index (χ4v) is 3.46. The van der Waals surface area contributed by atoms with Crippen molar-refractivity contribution >= 4 is 29.0 Å². The molecule has 2 aromatic heterocycles. The van der Waals surface area contributed by atoms with E-state index in [4.69, 9.17) is 11.0 Å². The number of halogens is 1. The number of benzene rings is 1. The van der Waals surface area contributed by atoms with Crippen LogP contribution < -0.4 is 11.1 Å². The third-order valence-corrected chi connectivity index (χ3v) is 4.88. The normalized spacial score (nSPS) is 10.3. The Kier molecular flexibility index (Phi) is 5.42. The summed E-state index contributed by atoms with van der Waals surface area (Å²) >= 11 is 1.18. The molecule has 3 rings (SSSR count). The van der Waals surface area contributed by atoms with E-state index < -0.39 is 17.6 Å². The number of primary amides is 1. The fourth-order valence-electron chi connectivity index (χ4n) is 2.57. The smallest absolute Gasteiger partial charge is 0.258 e. The number of carbonyl (C=O) groups excluding carboxylic acids is 2. The van der Waals surface area contributed by atoms with Gasteiger partial charge in [-0.2, -0.15) is 9.64 Å². The highest BCUT2D eigenvalue weighted by Gasteiger charge is 2.20. The lowest BCUT2D eigenvalue weighted by atomic mass is 10.1. The lowest BCUT2D eigenvalue weighted by molar-refractivity contribution is 0.0992. The van der Waals surface area contributed by atoms with Crippen molar-refractivity contribution in [3.05, 3.63) is 75.3 Å². The van der Waals surface area contributed by atoms with Crippen LogP contribution in [0.1, 0.15) is 42.5 Å². The van der Waals surface area contributed by atoms with Gasteiger partial charge in [0.15, 0.2) is 0 Å². The molecule has 0 saturated heterocycles. The van der Waals surface area contributed by atoms with Crippen molar-refractivity contribution in [2.45, 2.75) is 13.3 Å². The molecule has 2 heterocycles. The van der Waals surface area contributed by atoms with Crippen LogP contribution in [0.2, 0.25) is 0 Å². The summed E-state index contributed by atoms with van der Waals surface area (Å²) in [6.07, 6.45) is 1.84. The molecule has 9 heteroatoms. The summed E-state index contributed by atoms with van der Waals surface area (Å²) in [5.74, 6) is -2.11. The molecule has 2 amide bonds. The van der Waals surface area contributed by atoms with Crippen LogP contribution in [0.15, 0.2) is 36.5 Å². The van der Waals surface area contributed by atoms with Crippen molar-refractivity contribution in [1.29, 1.82) is 5.26 Å². The second kappa shape index (κ2) is 7.94. The van der Waals surface area contributed by atoms with E-state index in [-0.39, 0.29) is 11.3 Å². The summed E-state index contributed by atoms with van der Waals surface area (Å²) in [4.78, 5) is 28.9. The Morgan fingerprint density at radius 2 is 2.11 bits per heavy atom. The molecule has 0 bridgehead atoms. The van der Waals surface area contributed by atoms with Gasteiger partial charge in [0, 0.05) is 28.9 Å². The molecule has 0 fully saturated rings. The number of nitrogens with zero attached hydrogens (tertiary/aromatic N) is 3. The zero-order valence-corrected chi connectivity index (χ0v) is 15.5. The minimum atomic E-state index is -0.922. The van der Waals surface area contributed by atoms with Crippen molar-refractivity contribution in [2.75, 3.05) is 5.32 Å². The number of aryl methyl sites for hydroxylation is 1. The largest absolute Gasteiger partial charge is 0.366 e. The van der Waals surface area contributed by atoms with E-state index in [1.165, 1.54) is 29.9 Å². The van der Waals surface area contributed by atoms with E-state index in [2.05, 4.69) is 14.7 Å². The molecule has 0 aliphatic rings. The minimum absolute atomic E-state index is 0.244. The van der Waals surface area contributed by atoms with Crippen molar-refractivity contribution in [2.24, 2.45) is 5.73 Å². The monoisotopic (exact) mass is 395 g/mol. The molecule has 3 N–H and O–H groups in total. The lowest BCUT2D eigenvalue weighted by Crippen LogP contribution is -2.17. The number of nitrogens with one attached hydrogen (secondary N) is 1. The summed E-state index contributed by atoms with van der Waals surface area (Å²) in [7, 11) is 0. The molecular formula is C19H14FN5O2S. The van der Waals surface area contributed by atoms with Crippen molar-refractivity contribution in [3.8, 4) is 6.07 Å². The topological polar surface area (TPSA) is 122 Å². The maximum absolute atomic E-state index is 13.6. The number of nitriles is 1. The Bertz CT molecular complexity index is 1100. The van der Waals surface area contributed by atoms with Gasteiger partial charge in [-0.05, 0) is 48.8 Å². The van der Waals surface area contributed by atoms with Crippen LogP contribution in [0.25, 0.3) is 0 Å². The predicted molar refractivity (Wildman–Crippen MR) is 101 cm³/mol. The summed E-state index contributed by atoms with van der Waals surface area (Å²) < 4.78 is 17.8. The van der Waals surface area contributed by atoms with Crippen molar-refractivity contribution in [3.63, 3.8) is 0 Å². The number of hydrogen-bond acceptors (Lipinski definition) is 6. The van der Waals surface area contributed by atoms with Crippen LogP contribution in [0.5, 0.6) is 0 Å². The fraction of sp³-hybridized carbons (Fsp3) is 0.105. The van der Waals surface area contributed by atoms with Gasteiger partial charge in [-0.25, -0.2) is 4.39 Å². The Hall–Kier alpha value is -3.64. The molecule has 0 spiro atoms. The molecule has 3 aromatic rings. The Morgan fingerprint density at radius 1 is 1.32 bits per heavy atom. The molecule has 0 aliphatic heterocycles. The van der Waals surface area contributed by atoms with Gasteiger partial charge in [0.1, 0.15) is 11.9 Å². The van der Waals surface area contributed by atoms with Crippen molar-refractivity contribution in [1.82, 2.24) is 9.36 Å². The first kappa shape index (κ1) is 19.1. The average Bonchev–Trinajstić information content (AvgIpc) is 3.04. The van der Waals surface area contributed by atoms with Gasteiger partial charge < -0.3 is 11.1 Å². The molecule has 0 aliphatic carbocycles. The number of nitrogens with two attached hydrogens (primary N) is 1. The Balaban J connectivity index is 1.84. The van der Waals surface area contributed by atoms with E-state index in [1.54, 1.807) is 19.1 Å². The maximum Gasteiger partial charge on any atom is 0.258 e. The number of aromatic nitrogens is 2. The quantitative estimate of drug-likeness (QED) is 0.688. The number of amides is 2. The molecule has 0 radical (unpaired) electrons. The molecule has 7 nitrogen and oxygen atoms in total. The SMILES string of the molecule is Cc1nsc(Cc2ccc(C#N)cn2)c1C(=O)Nc1ccc(F)c(C(N)=O)c1. The van der Waals surface area contributed by atoms with Crippen LogP contribution in [-0.4, -0.2) is 21.2 Å². The van der Waals surface area contributed by atoms with Crippen LogP contribution in [0.3, 0.4) is 0 Å². The van der Waals surface area contributed by atoms with Gasteiger partial charge in [-0.3, -0.25) is 14.6 Å². The first-order valence-corrected chi connectivity index (χ1v) is 8.87. The van der Waals surface area contributed by atoms with Crippen LogP contribution >= 0.6 is 11.5 Å². The minimum Gasteiger partial charge on any atom is -0.366 e. The highest BCUT2D eigenvalue weighted by molar-refractivity contribution is 7.06. The molecule has 0 saturated carbocycles. The number of pyridine rings is 1. The number of carbonyl (C=O) groups is 2. The van der Waals surface area contributed by atoms with Gasteiger partial charge in [0.05, 0.1) is 22.4 Å². The summed E-state index contributed by atoms with van der Waals surface area (Å²) in [6, 6.07) is 8.97. The van der Waals surface area contributed by atoms with Gasteiger partial charge >= 0.3 is 0 Å². The van der Waals surface area contributed by atoms with E-state index in [0.717, 1.165) is 6.07 Å². The summed E-state index contributed by atoms with van der Waals surface area (Å²) in [5, 5.41) is 11.5. The highest BCUT2D eigenvalue weighted by atomic mass is 32.1. The Labute approximate surface area is 163 Å². The standard InChI is InChI=1S/C19H14FN5O2S/c1-10-17(16(28-25-10)7-12-3-2-11(8-21)9-23-12)19(27)24-13-4-5-15(20)14(6-13)18(22)26/h2-6,9H,7H2,1H3,(H2,22,26)(H,24,27). The second-order valence-electron chi connectivity index (χ2n) is 5.91. The molecular weight excluding hydrogens is 381 g/mol. The number of rotatable bonds is 5. The maximum atomic E-state index is 13.6. The molecule has 1 aromatic carbocycles. The van der Waals surface area contributed by atoms with E-state index in [1.807, 2.05) is 6.07 Å². The lowest BCUT2D eigenvalue weighted by Gasteiger charge is -2.08. The molecule has 140 valence electrons. The molecule has 0 unspecified atom stereocenters. The van der Waals surface area contributed by atoms with Crippen LogP contribution in [0, 0.1) is 24.1 Å². The zero-order valence-electron chi connectivity index (χ0n) is 14.7. The molecule has 28 heavy (non-hydrogen) atoms. The summed E-state index contributed by atoms with van der Waals surface area (Å²) in [6.45, 7) is 1.71. The van der Waals surface area contributed by atoms with E-state index in [0.29, 0.717) is 33.8 Å². The number of hydrogen-bond donors (Lipinski definition) is 2. The summed E-state index contributed by atoms with van der Waals surface area (Å²) in [5.41, 5.74) is 7.15. The van der Waals surface area contributed by atoms with E-state index in [9.17, 15) is 14.0 Å². The van der Waals surface area contributed by atoms with Gasteiger partial charge in [-0.15, -0.1) is 0 Å². The predicted octanol–water partition coefficient (Wildman–Crippen LogP) is 2.80. The van der Waals surface area contributed by atoms with Gasteiger partial charge in [0.25, 0.3) is 11.8 Å². The van der Waals surface area contributed by atoms with Gasteiger partial charge in [-0.1, -0.05) is 0 Å². The molecule has 0 atom stereocenters. The van der Waals surface area contributed by atoms with Gasteiger partial charge in [0.2, 0.25) is 0 Å². The Morgan fingerprint density at radius 3 is 2.75 bits per heavy atom. The number of anilines is 1. The van der Waals surface area contributed by atoms with Crippen LogP contribution in [0.4, 0.5) is 10.1 Å². The second-order valence-corrected chi connectivity index (χ2v) is 6.76. The third kappa shape index (κ3) is 4.02. The zero-order chi connectivity index (χ0) is 20.3. The average molecular weight is 395 g/mol. The van der Waals surface area contributed by atoms with Crippen LogP contribution in [-0.2, 0) is 6.42 Å². The van der Waals surface area contributed by atoms with Crippen molar-refractivity contribution < 1.29 is 14.0 Å². The third-order valence-electron chi connectivity index (χ3n) is 3.95. The first-order valence-electron chi connectivity index (χ1n) is 8.10.